The molecule has 6 nitrogen and oxygen atoms in total. The van der Waals surface area contributed by atoms with Gasteiger partial charge in [0.2, 0.25) is 0 Å². The smallest absolute Gasteiger partial charge is 0.276 e. The summed E-state index contributed by atoms with van der Waals surface area (Å²) in [5.41, 5.74) is 4.26. The minimum atomic E-state index is -3.74. The summed E-state index contributed by atoms with van der Waals surface area (Å²) in [7, 11) is -3.74. The van der Waals surface area contributed by atoms with Gasteiger partial charge in [0.05, 0.1) is 22.7 Å². The minimum absolute atomic E-state index is 0.158. The van der Waals surface area contributed by atoms with Gasteiger partial charge in [-0.15, -0.1) is 0 Å². The van der Waals surface area contributed by atoms with E-state index in [4.69, 9.17) is 0 Å². The number of hydrogen-bond acceptors (Lipinski definition) is 4. The van der Waals surface area contributed by atoms with E-state index < -0.39 is 10.0 Å². The van der Waals surface area contributed by atoms with E-state index in [0.29, 0.717) is 12.1 Å². The molecule has 0 fully saturated rings. The molecule has 0 bridgehead atoms. The Morgan fingerprint density at radius 3 is 2.52 bits per heavy atom. The van der Waals surface area contributed by atoms with E-state index in [-0.39, 0.29) is 4.90 Å². The summed E-state index contributed by atoms with van der Waals surface area (Å²) < 4.78 is 26.9. The first-order valence-electron chi connectivity index (χ1n) is 9.65. The van der Waals surface area contributed by atoms with Crippen molar-refractivity contribution in [2.75, 3.05) is 0 Å². The fraction of sp³-hybridized carbons (Fsp3) is 0.0833. The van der Waals surface area contributed by atoms with E-state index in [2.05, 4.69) is 16.0 Å². The second-order valence-corrected chi connectivity index (χ2v) is 8.83. The number of hydrazone groups is 1. The van der Waals surface area contributed by atoms with Gasteiger partial charge in [0.1, 0.15) is 0 Å². The van der Waals surface area contributed by atoms with Crippen LogP contribution in [0.2, 0.25) is 0 Å². The van der Waals surface area contributed by atoms with Gasteiger partial charge in [-0.25, -0.2) is 4.83 Å². The van der Waals surface area contributed by atoms with Crippen molar-refractivity contribution >= 4 is 27.1 Å². The molecule has 7 heteroatoms. The molecule has 0 amide bonds. The van der Waals surface area contributed by atoms with E-state index in [0.717, 1.165) is 27.6 Å². The van der Waals surface area contributed by atoms with Crippen LogP contribution in [0.1, 0.15) is 22.3 Å². The SMILES string of the molecule is Cc1ccc(S(=O)(=O)N/N=C\c2cn(Cc3ccccc3C#N)c3ccccc23)cc1. The summed E-state index contributed by atoms with van der Waals surface area (Å²) in [6.07, 6.45) is 3.41. The molecule has 31 heavy (non-hydrogen) atoms. The summed E-state index contributed by atoms with van der Waals surface area (Å²) >= 11 is 0. The highest BCUT2D eigenvalue weighted by atomic mass is 32.2. The Balaban J connectivity index is 1.63. The quantitative estimate of drug-likeness (QED) is 0.369. The number of benzene rings is 3. The molecule has 1 aromatic heterocycles. The van der Waals surface area contributed by atoms with Crippen LogP contribution >= 0.6 is 0 Å². The van der Waals surface area contributed by atoms with Crippen LogP contribution in [-0.2, 0) is 16.6 Å². The molecule has 4 rings (SSSR count). The number of nitrogens with one attached hydrogen (secondary N) is 1. The lowest BCUT2D eigenvalue weighted by Gasteiger charge is -2.07. The Kier molecular flexibility index (Phi) is 5.56. The third-order valence-corrected chi connectivity index (χ3v) is 6.24. The molecule has 0 saturated heterocycles. The second kappa shape index (κ2) is 8.46. The minimum Gasteiger partial charge on any atom is -0.342 e. The molecule has 154 valence electrons. The fourth-order valence-corrected chi connectivity index (χ4v) is 4.19. The molecule has 0 spiro atoms. The molecule has 0 unspecified atom stereocenters. The van der Waals surface area contributed by atoms with Gasteiger partial charge in [0.25, 0.3) is 10.0 Å². The lowest BCUT2D eigenvalue weighted by atomic mass is 10.1. The molecule has 0 aliphatic rings. The van der Waals surface area contributed by atoms with Gasteiger partial charge in [-0.3, -0.25) is 0 Å². The van der Waals surface area contributed by atoms with E-state index in [1.54, 1.807) is 30.3 Å². The monoisotopic (exact) mass is 428 g/mol. The lowest BCUT2D eigenvalue weighted by Crippen LogP contribution is -2.18. The Morgan fingerprint density at radius 1 is 1.03 bits per heavy atom. The van der Waals surface area contributed by atoms with Crippen LogP contribution in [0.25, 0.3) is 10.9 Å². The van der Waals surface area contributed by atoms with Crippen LogP contribution in [0.4, 0.5) is 0 Å². The number of nitriles is 1. The van der Waals surface area contributed by atoms with Crippen LogP contribution < -0.4 is 4.83 Å². The van der Waals surface area contributed by atoms with Gasteiger partial charge in [0, 0.05) is 29.2 Å². The highest BCUT2D eigenvalue weighted by Crippen LogP contribution is 2.22. The van der Waals surface area contributed by atoms with Crippen molar-refractivity contribution in [1.82, 2.24) is 9.40 Å². The van der Waals surface area contributed by atoms with Crippen molar-refractivity contribution in [2.24, 2.45) is 5.10 Å². The Labute approximate surface area is 181 Å². The van der Waals surface area contributed by atoms with Crippen LogP contribution in [0.3, 0.4) is 0 Å². The van der Waals surface area contributed by atoms with Gasteiger partial charge in [0.15, 0.2) is 0 Å². The zero-order chi connectivity index (χ0) is 21.8. The van der Waals surface area contributed by atoms with Gasteiger partial charge in [-0.1, -0.05) is 54.1 Å². The van der Waals surface area contributed by atoms with E-state index >= 15 is 0 Å². The van der Waals surface area contributed by atoms with Gasteiger partial charge >= 0.3 is 0 Å². The largest absolute Gasteiger partial charge is 0.342 e. The zero-order valence-electron chi connectivity index (χ0n) is 16.9. The number of para-hydroxylation sites is 1. The number of nitrogens with zero attached hydrogens (tertiary/aromatic N) is 3. The number of hydrogen-bond donors (Lipinski definition) is 1. The summed E-state index contributed by atoms with van der Waals surface area (Å²) in [6, 6.07) is 24.1. The second-order valence-electron chi connectivity index (χ2n) is 7.16. The fourth-order valence-electron chi connectivity index (χ4n) is 3.40. The van der Waals surface area contributed by atoms with Crippen LogP contribution in [0.5, 0.6) is 0 Å². The maximum absolute atomic E-state index is 12.5. The van der Waals surface area contributed by atoms with Gasteiger partial charge < -0.3 is 4.57 Å². The summed E-state index contributed by atoms with van der Waals surface area (Å²) in [5.74, 6) is 0. The molecule has 0 atom stereocenters. The third-order valence-electron chi connectivity index (χ3n) is 5.01. The summed E-state index contributed by atoms with van der Waals surface area (Å²) in [4.78, 5) is 2.43. The topological polar surface area (TPSA) is 87.2 Å². The molecular formula is C24H20N4O2S. The third kappa shape index (κ3) is 4.34. The van der Waals surface area contributed by atoms with Crippen LogP contribution in [0.15, 0.2) is 89.0 Å². The predicted molar refractivity (Wildman–Crippen MR) is 121 cm³/mol. The first-order valence-corrected chi connectivity index (χ1v) is 11.1. The molecule has 3 aromatic carbocycles. The maximum Gasteiger partial charge on any atom is 0.276 e. The Bertz CT molecular complexity index is 1410. The Hall–Kier alpha value is -3.89. The number of rotatable bonds is 6. The number of fused-ring (bicyclic) bond motifs is 1. The standard InChI is InChI=1S/C24H20N4O2S/c1-18-10-12-22(13-11-18)31(29,30)27-26-15-21-17-28(24-9-5-4-8-23(21)24)16-20-7-3-2-6-19(20)14-25/h2-13,15,17,27H,16H2,1H3/b26-15-. The lowest BCUT2D eigenvalue weighted by molar-refractivity contribution is 0.584. The van der Waals surface area contributed by atoms with E-state index in [9.17, 15) is 13.7 Å². The van der Waals surface area contributed by atoms with Crippen molar-refractivity contribution in [3.63, 3.8) is 0 Å². The number of aromatic nitrogens is 1. The average Bonchev–Trinajstić information content (AvgIpc) is 3.12. The van der Waals surface area contributed by atoms with Crippen LogP contribution in [-0.4, -0.2) is 19.2 Å². The van der Waals surface area contributed by atoms with Gasteiger partial charge in [-0.2, -0.15) is 18.8 Å². The molecule has 0 radical (unpaired) electrons. The number of sulfonamides is 1. The average molecular weight is 429 g/mol. The van der Waals surface area contributed by atoms with Crippen molar-refractivity contribution in [3.05, 3.63) is 101 Å². The van der Waals surface area contributed by atoms with Crippen molar-refractivity contribution in [3.8, 4) is 6.07 Å². The normalized spacial score (nSPS) is 11.6. The molecule has 4 aromatic rings. The van der Waals surface area contributed by atoms with Crippen LogP contribution in [0, 0.1) is 18.3 Å². The van der Waals surface area contributed by atoms with E-state index in [1.165, 1.54) is 6.21 Å². The molecule has 1 N–H and O–H groups in total. The first kappa shape index (κ1) is 20.4. The molecule has 1 heterocycles. The van der Waals surface area contributed by atoms with Gasteiger partial charge in [-0.05, 0) is 36.8 Å². The zero-order valence-corrected chi connectivity index (χ0v) is 17.7. The van der Waals surface area contributed by atoms with Crippen molar-refractivity contribution in [2.45, 2.75) is 18.4 Å². The highest BCUT2D eigenvalue weighted by Gasteiger charge is 2.13. The van der Waals surface area contributed by atoms with E-state index in [1.807, 2.05) is 60.2 Å². The molecule has 0 saturated carbocycles. The maximum atomic E-state index is 12.5. The molecule has 0 aliphatic heterocycles. The predicted octanol–water partition coefficient (Wildman–Crippen LogP) is 4.18. The van der Waals surface area contributed by atoms with Crippen molar-refractivity contribution in [1.29, 1.82) is 5.26 Å². The number of aryl methyl sites for hydroxylation is 1. The summed E-state index contributed by atoms with van der Waals surface area (Å²) in [6.45, 7) is 2.42. The highest BCUT2D eigenvalue weighted by molar-refractivity contribution is 7.89. The summed E-state index contributed by atoms with van der Waals surface area (Å²) in [5, 5.41) is 14.3. The first-order chi connectivity index (χ1) is 15.0. The molecule has 0 aliphatic carbocycles. The molecular weight excluding hydrogens is 408 g/mol. The van der Waals surface area contributed by atoms with Crippen molar-refractivity contribution < 1.29 is 8.42 Å². The Morgan fingerprint density at radius 2 is 1.74 bits per heavy atom.